The summed E-state index contributed by atoms with van der Waals surface area (Å²) in [7, 11) is 0. The van der Waals surface area contributed by atoms with Crippen molar-refractivity contribution in [2.75, 3.05) is 11.6 Å². The van der Waals surface area contributed by atoms with Crippen LogP contribution in [0.15, 0.2) is 5.38 Å². The number of amides is 2. The standard InChI is InChI=1S/C10H13N3O3S2/c1-6-3-18-8(12-6)2-11-10(16)13-5-17-4-7(13)9(14)15/h3,7H,2,4-5H2,1H3,(H,11,16)(H,14,15)/t7-/m0/s1. The molecule has 18 heavy (non-hydrogen) atoms. The zero-order chi connectivity index (χ0) is 13.1. The number of carbonyl (C=O) groups is 2. The molecule has 0 bridgehead atoms. The molecule has 8 heteroatoms. The van der Waals surface area contributed by atoms with Crippen LogP contribution in [0, 0.1) is 6.92 Å². The van der Waals surface area contributed by atoms with Gasteiger partial charge in [-0.1, -0.05) is 0 Å². The zero-order valence-corrected chi connectivity index (χ0v) is 11.4. The Labute approximate surface area is 112 Å². The summed E-state index contributed by atoms with van der Waals surface area (Å²) in [5.74, 6) is -0.0982. The van der Waals surface area contributed by atoms with Gasteiger partial charge in [-0.3, -0.25) is 0 Å². The predicted molar refractivity (Wildman–Crippen MR) is 69.7 cm³/mol. The maximum atomic E-state index is 11.9. The Balaban J connectivity index is 1.89. The highest BCUT2D eigenvalue weighted by molar-refractivity contribution is 7.99. The van der Waals surface area contributed by atoms with Gasteiger partial charge in [0.15, 0.2) is 0 Å². The molecule has 0 aliphatic carbocycles. The lowest BCUT2D eigenvalue weighted by Crippen LogP contribution is -2.46. The largest absolute Gasteiger partial charge is 0.480 e. The van der Waals surface area contributed by atoms with E-state index in [2.05, 4.69) is 10.3 Å². The highest BCUT2D eigenvalue weighted by Gasteiger charge is 2.34. The molecule has 0 spiro atoms. The molecule has 1 aromatic rings. The Morgan fingerprint density at radius 3 is 3.06 bits per heavy atom. The molecule has 1 saturated heterocycles. The van der Waals surface area contributed by atoms with Gasteiger partial charge >= 0.3 is 12.0 Å². The summed E-state index contributed by atoms with van der Waals surface area (Å²) in [6, 6.07) is -1.08. The van der Waals surface area contributed by atoms with E-state index in [4.69, 9.17) is 5.11 Å². The van der Waals surface area contributed by atoms with Crippen LogP contribution >= 0.6 is 23.1 Å². The summed E-state index contributed by atoms with van der Waals surface area (Å²) < 4.78 is 0. The lowest BCUT2D eigenvalue weighted by atomic mass is 10.3. The normalized spacial score (nSPS) is 18.9. The SMILES string of the molecule is Cc1csc(CNC(=O)N2CSC[C@H]2C(=O)O)n1. The zero-order valence-electron chi connectivity index (χ0n) is 9.75. The summed E-state index contributed by atoms with van der Waals surface area (Å²) in [6.07, 6.45) is 0. The summed E-state index contributed by atoms with van der Waals surface area (Å²) in [6.45, 7) is 2.23. The minimum absolute atomic E-state index is 0.338. The Morgan fingerprint density at radius 2 is 2.44 bits per heavy atom. The van der Waals surface area contributed by atoms with E-state index >= 15 is 0 Å². The third-order valence-electron chi connectivity index (χ3n) is 2.49. The molecule has 1 aromatic heterocycles. The van der Waals surface area contributed by atoms with Gasteiger partial charge in [0.2, 0.25) is 0 Å². The molecule has 1 atom stereocenters. The fraction of sp³-hybridized carbons (Fsp3) is 0.500. The van der Waals surface area contributed by atoms with Crippen LogP contribution in [-0.2, 0) is 11.3 Å². The number of hydrogen-bond acceptors (Lipinski definition) is 5. The number of rotatable bonds is 3. The first kappa shape index (κ1) is 13.2. The lowest BCUT2D eigenvalue weighted by molar-refractivity contribution is -0.140. The van der Waals surface area contributed by atoms with E-state index in [1.54, 1.807) is 0 Å². The molecule has 1 aliphatic heterocycles. The molecule has 1 fully saturated rings. The third kappa shape index (κ3) is 2.94. The second kappa shape index (κ2) is 5.57. The highest BCUT2D eigenvalue weighted by Crippen LogP contribution is 2.21. The van der Waals surface area contributed by atoms with E-state index in [1.807, 2.05) is 12.3 Å². The number of hydrogen-bond donors (Lipinski definition) is 2. The van der Waals surface area contributed by atoms with E-state index in [0.29, 0.717) is 18.2 Å². The minimum atomic E-state index is -0.958. The number of carboxylic acids is 1. The van der Waals surface area contributed by atoms with Gasteiger partial charge in [-0.05, 0) is 6.92 Å². The van der Waals surface area contributed by atoms with Crippen molar-refractivity contribution in [1.82, 2.24) is 15.2 Å². The Kier molecular flexibility index (Phi) is 4.07. The Morgan fingerprint density at radius 1 is 1.67 bits per heavy atom. The summed E-state index contributed by atoms with van der Waals surface area (Å²) in [5.41, 5.74) is 0.921. The molecule has 2 rings (SSSR count). The first-order valence-electron chi connectivity index (χ1n) is 5.34. The van der Waals surface area contributed by atoms with Crippen molar-refractivity contribution < 1.29 is 14.7 Å². The van der Waals surface area contributed by atoms with Gasteiger partial charge in [-0.25, -0.2) is 14.6 Å². The number of carboxylic acid groups (broad SMARTS) is 1. The van der Waals surface area contributed by atoms with Gasteiger partial charge in [0.25, 0.3) is 0 Å². The summed E-state index contributed by atoms with van der Waals surface area (Å²) in [4.78, 5) is 28.4. The van der Waals surface area contributed by atoms with E-state index in [1.165, 1.54) is 28.0 Å². The lowest BCUT2D eigenvalue weighted by Gasteiger charge is -2.20. The fourth-order valence-electron chi connectivity index (χ4n) is 1.58. The number of aromatic nitrogens is 1. The molecular weight excluding hydrogens is 274 g/mol. The van der Waals surface area contributed by atoms with Crippen molar-refractivity contribution in [2.45, 2.75) is 19.5 Å². The van der Waals surface area contributed by atoms with Crippen molar-refractivity contribution in [3.8, 4) is 0 Å². The first-order chi connectivity index (χ1) is 8.58. The first-order valence-corrected chi connectivity index (χ1v) is 7.37. The molecule has 0 radical (unpaired) electrons. The fourth-order valence-corrected chi connectivity index (χ4v) is 3.44. The number of thiazole rings is 1. The van der Waals surface area contributed by atoms with Crippen molar-refractivity contribution in [2.24, 2.45) is 0 Å². The van der Waals surface area contributed by atoms with Gasteiger partial charge in [0.1, 0.15) is 11.0 Å². The van der Waals surface area contributed by atoms with Crippen LogP contribution in [0.4, 0.5) is 4.79 Å². The average molecular weight is 287 g/mol. The number of aliphatic carboxylic acids is 1. The van der Waals surface area contributed by atoms with Crippen LogP contribution in [0.1, 0.15) is 10.7 Å². The van der Waals surface area contributed by atoms with Crippen LogP contribution < -0.4 is 5.32 Å². The quantitative estimate of drug-likeness (QED) is 0.870. The number of aryl methyl sites for hydroxylation is 1. The molecule has 1 aliphatic rings. The Hall–Kier alpha value is -1.28. The van der Waals surface area contributed by atoms with Crippen molar-refractivity contribution in [1.29, 1.82) is 0 Å². The van der Waals surface area contributed by atoms with Gasteiger partial charge in [-0.2, -0.15) is 0 Å². The van der Waals surface area contributed by atoms with E-state index in [9.17, 15) is 9.59 Å². The van der Waals surface area contributed by atoms with Crippen LogP contribution in [0.25, 0.3) is 0 Å². The third-order valence-corrected chi connectivity index (χ3v) is 4.46. The molecule has 2 N–H and O–H groups in total. The van der Waals surface area contributed by atoms with Crippen LogP contribution in [0.3, 0.4) is 0 Å². The Bertz CT molecular complexity index is 463. The van der Waals surface area contributed by atoms with E-state index < -0.39 is 12.0 Å². The minimum Gasteiger partial charge on any atom is -0.480 e. The topological polar surface area (TPSA) is 82.5 Å². The summed E-state index contributed by atoms with van der Waals surface area (Å²) >= 11 is 2.92. The molecule has 0 saturated carbocycles. The molecule has 2 heterocycles. The van der Waals surface area contributed by atoms with Gasteiger partial charge in [-0.15, -0.1) is 23.1 Å². The van der Waals surface area contributed by atoms with Gasteiger partial charge in [0, 0.05) is 16.8 Å². The maximum absolute atomic E-state index is 11.9. The van der Waals surface area contributed by atoms with Crippen LogP contribution in [0.2, 0.25) is 0 Å². The van der Waals surface area contributed by atoms with E-state index in [0.717, 1.165) is 10.7 Å². The van der Waals surface area contributed by atoms with Crippen molar-refractivity contribution in [3.05, 3.63) is 16.1 Å². The average Bonchev–Trinajstić information content (AvgIpc) is 2.94. The van der Waals surface area contributed by atoms with Gasteiger partial charge < -0.3 is 15.3 Å². The number of nitrogens with one attached hydrogen (secondary N) is 1. The molecule has 2 amide bonds. The van der Waals surface area contributed by atoms with E-state index in [-0.39, 0.29) is 6.03 Å². The van der Waals surface area contributed by atoms with Crippen molar-refractivity contribution in [3.63, 3.8) is 0 Å². The van der Waals surface area contributed by atoms with Crippen molar-refractivity contribution >= 4 is 35.1 Å². The number of carbonyl (C=O) groups excluding carboxylic acids is 1. The van der Waals surface area contributed by atoms with Gasteiger partial charge in [0.05, 0.1) is 12.4 Å². The molecular formula is C10H13N3O3S2. The number of urea groups is 1. The van der Waals surface area contributed by atoms with Crippen LogP contribution in [0.5, 0.6) is 0 Å². The molecule has 6 nitrogen and oxygen atoms in total. The molecule has 0 aromatic carbocycles. The summed E-state index contributed by atoms with van der Waals surface area (Å²) in [5, 5.41) is 14.4. The predicted octanol–water partition coefficient (Wildman–Crippen LogP) is 1.12. The number of thioether (sulfide) groups is 1. The second-order valence-electron chi connectivity index (χ2n) is 3.87. The highest BCUT2D eigenvalue weighted by atomic mass is 32.2. The maximum Gasteiger partial charge on any atom is 0.327 e. The molecule has 98 valence electrons. The second-order valence-corrected chi connectivity index (χ2v) is 5.81. The number of nitrogens with zero attached hydrogens (tertiary/aromatic N) is 2. The van der Waals surface area contributed by atoms with Crippen LogP contribution in [-0.4, -0.2) is 44.7 Å². The smallest absolute Gasteiger partial charge is 0.327 e. The molecule has 0 unspecified atom stereocenters. The monoisotopic (exact) mass is 287 g/mol.